The second kappa shape index (κ2) is 2.83. The number of nitrogens with one attached hydrogen (secondary N) is 1. The van der Waals surface area contributed by atoms with Crippen LogP contribution in [-0.4, -0.2) is 24.3 Å². The molecule has 5 nitrogen and oxygen atoms in total. The van der Waals surface area contributed by atoms with E-state index in [1.165, 1.54) is 0 Å². The summed E-state index contributed by atoms with van der Waals surface area (Å²) < 4.78 is 28.9. The van der Waals surface area contributed by atoms with Crippen molar-refractivity contribution in [3.05, 3.63) is 0 Å². The Morgan fingerprint density at radius 2 is 2.00 bits per heavy atom. The third kappa shape index (κ3) is 4.68. The fourth-order valence-electron chi connectivity index (χ4n) is 0.498. The van der Waals surface area contributed by atoms with Gasteiger partial charge in [0.1, 0.15) is 0 Å². The van der Waals surface area contributed by atoms with Crippen molar-refractivity contribution in [3.8, 4) is 0 Å². The molecule has 10 heavy (non-hydrogen) atoms. The highest BCUT2D eigenvalue weighted by molar-refractivity contribution is 7.85. The largest absolute Gasteiger partial charge is 0.285 e. The van der Waals surface area contributed by atoms with Gasteiger partial charge in [0, 0.05) is 5.54 Å². The van der Waals surface area contributed by atoms with Crippen LogP contribution >= 0.6 is 0 Å². The fraction of sp³-hybridized carbons (Fsp3) is 1.00. The second-order valence-corrected chi connectivity index (χ2v) is 4.21. The molecule has 0 rings (SSSR count). The predicted octanol–water partition coefficient (Wildman–Crippen LogP) is -0.884. The van der Waals surface area contributed by atoms with Crippen LogP contribution in [0.3, 0.4) is 0 Å². The number of hydrogen-bond donors (Lipinski definition) is 3. The van der Waals surface area contributed by atoms with E-state index in [1.54, 1.807) is 13.8 Å². The van der Waals surface area contributed by atoms with E-state index in [9.17, 15) is 8.42 Å². The van der Waals surface area contributed by atoms with Gasteiger partial charge in [-0.25, -0.2) is 0 Å². The third-order valence-electron chi connectivity index (χ3n) is 0.934. The maximum absolute atomic E-state index is 10.3. The zero-order valence-electron chi connectivity index (χ0n) is 5.96. The standard InChI is InChI=1S/C4H12N2O3S/c1-4(2,6-5)3-10(7,8)9/h6H,3,5H2,1-2H3,(H,7,8,9). The van der Waals surface area contributed by atoms with Crippen molar-refractivity contribution < 1.29 is 13.0 Å². The van der Waals surface area contributed by atoms with Crippen LogP contribution in [0.2, 0.25) is 0 Å². The number of hydrazine groups is 1. The lowest BCUT2D eigenvalue weighted by Crippen LogP contribution is -2.49. The highest BCUT2D eigenvalue weighted by Crippen LogP contribution is 2.02. The first kappa shape index (κ1) is 9.83. The monoisotopic (exact) mass is 168 g/mol. The van der Waals surface area contributed by atoms with Crippen LogP contribution in [0.4, 0.5) is 0 Å². The van der Waals surface area contributed by atoms with Crippen molar-refractivity contribution in [3.63, 3.8) is 0 Å². The van der Waals surface area contributed by atoms with E-state index in [0.717, 1.165) is 0 Å². The van der Waals surface area contributed by atoms with Crippen LogP contribution < -0.4 is 11.3 Å². The Labute approximate surface area is 60.3 Å². The first-order valence-electron chi connectivity index (χ1n) is 2.70. The lowest BCUT2D eigenvalue weighted by molar-refractivity contribution is 0.410. The van der Waals surface area contributed by atoms with Crippen molar-refractivity contribution in [2.24, 2.45) is 5.84 Å². The van der Waals surface area contributed by atoms with Gasteiger partial charge < -0.3 is 0 Å². The van der Waals surface area contributed by atoms with Gasteiger partial charge >= 0.3 is 0 Å². The highest BCUT2D eigenvalue weighted by atomic mass is 32.2. The topological polar surface area (TPSA) is 92.4 Å². The summed E-state index contributed by atoms with van der Waals surface area (Å²) in [4.78, 5) is 0. The minimum Gasteiger partial charge on any atom is -0.285 e. The normalized spacial score (nSPS) is 13.6. The molecule has 0 saturated heterocycles. The Balaban J connectivity index is 4.16. The van der Waals surface area contributed by atoms with Gasteiger partial charge in [-0.1, -0.05) is 0 Å². The van der Waals surface area contributed by atoms with Crippen LogP contribution in [-0.2, 0) is 10.1 Å². The summed E-state index contributed by atoms with van der Waals surface area (Å²) in [7, 11) is -3.94. The van der Waals surface area contributed by atoms with Gasteiger partial charge in [-0.3, -0.25) is 15.8 Å². The van der Waals surface area contributed by atoms with Crippen molar-refractivity contribution in [1.29, 1.82) is 0 Å². The van der Waals surface area contributed by atoms with Gasteiger partial charge in [-0.05, 0) is 13.8 Å². The zero-order chi connectivity index (χ0) is 8.41. The summed E-state index contributed by atoms with van der Waals surface area (Å²) in [5.41, 5.74) is 1.47. The fourth-order valence-corrected chi connectivity index (χ4v) is 1.49. The van der Waals surface area contributed by atoms with Crippen LogP contribution in [0.5, 0.6) is 0 Å². The summed E-state index contributed by atoms with van der Waals surface area (Å²) in [5.74, 6) is 4.60. The van der Waals surface area contributed by atoms with Crippen molar-refractivity contribution in [2.45, 2.75) is 19.4 Å². The molecule has 6 heteroatoms. The molecule has 0 bridgehead atoms. The van der Waals surface area contributed by atoms with Crippen molar-refractivity contribution in [2.75, 3.05) is 5.75 Å². The van der Waals surface area contributed by atoms with Crippen LogP contribution in [0.1, 0.15) is 13.8 Å². The molecule has 0 amide bonds. The molecule has 0 fully saturated rings. The Morgan fingerprint density at radius 1 is 1.60 bits per heavy atom. The van der Waals surface area contributed by atoms with Crippen LogP contribution in [0.15, 0.2) is 0 Å². The van der Waals surface area contributed by atoms with E-state index < -0.39 is 21.4 Å². The number of hydrogen-bond acceptors (Lipinski definition) is 4. The molecule has 4 N–H and O–H groups in total. The van der Waals surface area contributed by atoms with E-state index in [1.807, 2.05) is 0 Å². The quantitative estimate of drug-likeness (QED) is 0.289. The minimum absolute atomic E-state index is 0.392. The van der Waals surface area contributed by atoms with E-state index in [0.29, 0.717) is 0 Å². The average molecular weight is 168 g/mol. The molecule has 0 radical (unpaired) electrons. The Kier molecular flexibility index (Phi) is 2.78. The average Bonchev–Trinajstić information content (AvgIpc) is 1.60. The first-order valence-corrected chi connectivity index (χ1v) is 4.31. The smallest absolute Gasteiger partial charge is 0.266 e. The molecule has 0 aromatic carbocycles. The Hall–Kier alpha value is -0.170. The predicted molar refractivity (Wildman–Crippen MR) is 37.8 cm³/mol. The van der Waals surface area contributed by atoms with E-state index in [2.05, 4.69) is 5.43 Å². The first-order chi connectivity index (χ1) is 4.27. The maximum atomic E-state index is 10.3. The Bertz CT molecular complexity index is 197. The van der Waals surface area contributed by atoms with Crippen molar-refractivity contribution in [1.82, 2.24) is 5.43 Å². The van der Waals surface area contributed by atoms with Gasteiger partial charge in [0.2, 0.25) is 0 Å². The zero-order valence-corrected chi connectivity index (χ0v) is 6.77. The lowest BCUT2D eigenvalue weighted by atomic mass is 10.1. The third-order valence-corrected chi connectivity index (χ3v) is 2.02. The minimum atomic E-state index is -3.94. The number of rotatable bonds is 3. The molecule has 0 aliphatic heterocycles. The Morgan fingerprint density at radius 3 is 2.10 bits per heavy atom. The molecule has 0 saturated carbocycles. The number of nitrogens with two attached hydrogens (primary N) is 1. The van der Waals surface area contributed by atoms with E-state index in [-0.39, 0.29) is 0 Å². The van der Waals surface area contributed by atoms with E-state index >= 15 is 0 Å². The van der Waals surface area contributed by atoms with Gasteiger partial charge in [0.25, 0.3) is 10.1 Å². The lowest BCUT2D eigenvalue weighted by Gasteiger charge is -2.20. The summed E-state index contributed by atoms with van der Waals surface area (Å²) in [6, 6.07) is 0. The molecule has 0 aromatic rings. The van der Waals surface area contributed by atoms with Crippen molar-refractivity contribution >= 4 is 10.1 Å². The highest BCUT2D eigenvalue weighted by Gasteiger charge is 2.22. The molecule has 0 heterocycles. The second-order valence-electron chi connectivity index (χ2n) is 2.75. The molecule has 62 valence electrons. The molecule has 0 unspecified atom stereocenters. The van der Waals surface area contributed by atoms with Crippen LogP contribution in [0, 0.1) is 0 Å². The molecule has 0 spiro atoms. The maximum Gasteiger partial charge on any atom is 0.266 e. The SMILES string of the molecule is CC(C)(CS(=O)(=O)O)NN. The van der Waals surface area contributed by atoms with Gasteiger partial charge in [0.15, 0.2) is 0 Å². The van der Waals surface area contributed by atoms with Gasteiger partial charge in [-0.2, -0.15) is 8.42 Å². The summed E-state index contributed by atoms with van der Waals surface area (Å²) >= 11 is 0. The molecular weight excluding hydrogens is 156 g/mol. The molecule has 0 aliphatic carbocycles. The van der Waals surface area contributed by atoms with E-state index in [4.69, 9.17) is 10.4 Å². The summed E-state index contributed by atoms with van der Waals surface area (Å²) in [6.07, 6.45) is 0. The summed E-state index contributed by atoms with van der Waals surface area (Å²) in [5, 5.41) is 0. The van der Waals surface area contributed by atoms with Crippen LogP contribution in [0.25, 0.3) is 0 Å². The molecule has 0 aliphatic rings. The molecule has 0 atom stereocenters. The van der Waals surface area contributed by atoms with Gasteiger partial charge in [-0.15, -0.1) is 0 Å². The molecular formula is C4H12N2O3S. The summed E-state index contributed by atoms with van der Waals surface area (Å²) in [6.45, 7) is 3.14. The molecule has 0 aromatic heterocycles. The van der Waals surface area contributed by atoms with Gasteiger partial charge in [0.05, 0.1) is 5.75 Å².